The summed E-state index contributed by atoms with van der Waals surface area (Å²) in [5.41, 5.74) is 0.866. The first-order valence-corrected chi connectivity index (χ1v) is 11.8. The van der Waals surface area contributed by atoms with E-state index in [0.717, 1.165) is 18.4 Å². The van der Waals surface area contributed by atoms with Crippen LogP contribution in [0.3, 0.4) is 0 Å². The lowest BCUT2D eigenvalue weighted by Crippen LogP contribution is -2.54. The van der Waals surface area contributed by atoms with Gasteiger partial charge in [0.15, 0.2) is 0 Å². The molecule has 3 atom stereocenters. The molecule has 7 nitrogen and oxygen atoms in total. The van der Waals surface area contributed by atoms with Gasteiger partial charge in [0.05, 0.1) is 0 Å². The molecule has 2 N–H and O–H groups in total. The zero-order valence-electron chi connectivity index (χ0n) is 21.2. The monoisotopic (exact) mass is 459 g/mol. The topological polar surface area (TPSA) is 87.7 Å². The van der Waals surface area contributed by atoms with Gasteiger partial charge in [-0.2, -0.15) is 0 Å². The van der Waals surface area contributed by atoms with E-state index in [9.17, 15) is 14.4 Å². The molecule has 0 saturated heterocycles. The van der Waals surface area contributed by atoms with Crippen molar-refractivity contribution in [2.45, 2.75) is 91.5 Å². The van der Waals surface area contributed by atoms with Gasteiger partial charge in [0.2, 0.25) is 11.8 Å². The van der Waals surface area contributed by atoms with Crippen LogP contribution in [0, 0.1) is 0 Å². The second-order valence-electron chi connectivity index (χ2n) is 9.29. The van der Waals surface area contributed by atoms with Crippen LogP contribution in [0.5, 0.6) is 0 Å². The second-order valence-corrected chi connectivity index (χ2v) is 9.29. The summed E-state index contributed by atoms with van der Waals surface area (Å²) in [6, 6.07) is 5.49. The molecule has 33 heavy (non-hydrogen) atoms. The minimum absolute atomic E-state index is 0.241. The van der Waals surface area contributed by atoms with Gasteiger partial charge >= 0.3 is 6.09 Å². The highest BCUT2D eigenvalue weighted by molar-refractivity contribution is 5.92. The van der Waals surface area contributed by atoms with E-state index in [4.69, 9.17) is 4.74 Å². The van der Waals surface area contributed by atoms with Crippen molar-refractivity contribution >= 4 is 24.0 Å². The molecule has 0 saturated carbocycles. The Bertz CT molecular complexity index is 816. The van der Waals surface area contributed by atoms with Gasteiger partial charge in [-0.25, -0.2) is 4.79 Å². The summed E-state index contributed by atoms with van der Waals surface area (Å²) in [4.78, 5) is 40.8. The molecule has 0 bridgehead atoms. The normalized spacial score (nSPS) is 13.9. The van der Waals surface area contributed by atoms with E-state index < -0.39 is 23.8 Å². The Balaban J connectivity index is 3.35. The number of benzene rings is 1. The predicted octanol–water partition coefficient (Wildman–Crippen LogP) is 4.83. The molecule has 1 aromatic carbocycles. The molecule has 0 fully saturated rings. The van der Waals surface area contributed by atoms with E-state index in [2.05, 4.69) is 24.1 Å². The Morgan fingerprint density at radius 1 is 1.18 bits per heavy atom. The van der Waals surface area contributed by atoms with E-state index in [0.29, 0.717) is 18.5 Å². The Kier molecular flexibility index (Phi) is 11.1. The summed E-state index contributed by atoms with van der Waals surface area (Å²) in [5, 5.41) is 5.59. The van der Waals surface area contributed by atoms with Gasteiger partial charge < -0.3 is 20.3 Å². The van der Waals surface area contributed by atoms with Gasteiger partial charge in [0.25, 0.3) is 0 Å². The summed E-state index contributed by atoms with van der Waals surface area (Å²) in [7, 11) is 0. The lowest BCUT2D eigenvalue weighted by atomic mass is 9.98. The van der Waals surface area contributed by atoms with Crippen LogP contribution in [0.1, 0.15) is 84.9 Å². The Labute approximate surface area is 198 Å². The van der Waals surface area contributed by atoms with Gasteiger partial charge in [0, 0.05) is 12.6 Å². The van der Waals surface area contributed by atoms with E-state index >= 15 is 0 Å². The van der Waals surface area contributed by atoms with Crippen LogP contribution < -0.4 is 10.6 Å². The van der Waals surface area contributed by atoms with Crippen molar-refractivity contribution < 1.29 is 19.1 Å². The highest BCUT2D eigenvalue weighted by Crippen LogP contribution is 2.27. The molecular formula is C26H41N3O4. The summed E-state index contributed by atoms with van der Waals surface area (Å²) in [5.74, 6) is -0.599. The van der Waals surface area contributed by atoms with Crippen molar-refractivity contribution in [3.63, 3.8) is 0 Å². The standard InChI is InChI=1S/C26H41N3O4/c1-9-12-16-27-23(30)22(21-15-13-14-20(11-3)17-21)29(18(4)10-2)24(31)19(5)28-25(32)33-26(6,7)8/h11,13-15,17-19,22H,3,9-10,12,16H2,1-2,4-8H3,(H,27,30)(H,28,32). The molecule has 0 aromatic heterocycles. The minimum Gasteiger partial charge on any atom is -0.444 e. The molecule has 0 aliphatic rings. The van der Waals surface area contributed by atoms with E-state index in [1.807, 2.05) is 38.1 Å². The molecule has 7 heteroatoms. The number of carbonyl (C=O) groups is 3. The van der Waals surface area contributed by atoms with Crippen molar-refractivity contribution in [1.29, 1.82) is 0 Å². The van der Waals surface area contributed by atoms with Crippen LogP contribution >= 0.6 is 0 Å². The highest BCUT2D eigenvalue weighted by atomic mass is 16.6. The number of nitrogens with one attached hydrogen (secondary N) is 2. The van der Waals surface area contributed by atoms with Crippen molar-refractivity contribution in [2.75, 3.05) is 6.54 Å². The number of alkyl carbamates (subject to hydrolysis) is 1. The molecule has 0 radical (unpaired) electrons. The van der Waals surface area contributed by atoms with Gasteiger partial charge in [-0.3, -0.25) is 9.59 Å². The van der Waals surface area contributed by atoms with Crippen LogP contribution in [0.2, 0.25) is 0 Å². The van der Waals surface area contributed by atoms with Crippen molar-refractivity contribution in [3.05, 3.63) is 42.0 Å². The highest BCUT2D eigenvalue weighted by Gasteiger charge is 2.37. The maximum atomic E-state index is 13.6. The molecule has 1 rings (SSSR count). The number of carbonyl (C=O) groups excluding carboxylic acids is 3. The largest absolute Gasteiger partial charge is 0.444 e. The Hall–Kier alpha value is -2.83. The lowest BCUT2D eigenvalue weighted by Gasteiger charge is -2.37. The van der Waals surface area contributed by atoms with E-state index in [-0.39, 0.29) is 17.9 Å². The fourth-order valence-corrected chi connectivity index (χ4v) is 3.34. The number of amides is 3. The molecule has 0 aliphatic carbocycles. The van der Waals surface area contributed by atoms with E-state index in [1.54, 1.807) is 38.7 Å². The Morgan fingerprint density at radius 3 is 2.39 bits per heavy atom. The SMILES string of the molecule is C=Cc1cccc(C(C(=O)NCCCC)N(C(=O)C(C)NC(=O)OC(C)(C)C)C(C)CC)c1. The molecule has 3 unspecified atom stereocenters. The van der Waals surface area contributed by atoms with Crippen LogP contribution in [-0.2, 0) is 14.3 Å². The summed E-state index contributed by atoms with van der Waals surface area (Å²) >= 11 is 0. The van der Waals surface area contributed by atoms with Gasteiger partial charge in [-0.1, -0.05) is 51.1 Å². The van der Waals surface area contributed by atoms with Crippen molar-refractivity contribution in [1.82, 2.24) is 15.5 Å². The first-order chi connectivity index (χ1) is 15.4. The van der Waals surface area contributed by atoms with Gasteiger partial charge in [0.1, 0.15) is 17.7 Å². The average molecular weight is 460 g/mol. The minimum atomic E-state index is -0.873. The summed E-state index contributed by atoms with van der Waals surface area (Å²) < 4.78 is 5.30. The van der Waals surface area contributed by atoms with Gasteiger partial charge in [-0.15, -0.1) is 0 Å². The summed E-state index contributed by atoms with van der Waals surface area (Å²) in [6.07, 6.45) is 3.47. The number of unbranched alkanes of at least 4 members (excludes halogenated alkanes) is 1. The summed E-state index contributed by atoms with van der Waals surface area (Å²) in [6.45, 7) is 17.1. The van der Waals surface area contributed by atoms with Crippen LogP contribution in [0.15, 0.2) is 30.8 Å². The van der Waals surface area contributed by atoms with Crippen molar-refractivity contribution in [2.24, 2.45) is 0 Å². The first-order valence-electron chi connectivity index (χ1n) is 11.8. The quantitative estimate of drug-likeness (QED) is 0.464. The van der Waals surface area contributed by atoms with Crippen molar-refractivity contribution in [3.8, 4) is 0 Å². The van der Waals surface area contributed by atoms with Crippen LogP contribution in [0.4, 0.5) is 4.79 Å². The maximum absolute atomic E-state index is 13.6. The molecule has 184 valence electrons. The number of hydrogen-bond donors (Lipinski definition) is 2. The molecular weight excluding hydrogens is 418 g/mol. The third-order valence-electron chi connectivity index (χ3n) is 5.24. The second kappa shape index (κ2) is 13.0. The van der Waals surface area contributed by atoms with Gasteiger partial charge in [-0.05, 0) is 64.7 Å². The fourth-order valence-electron chi connectivity index (χ4n) is 3.34. The zero-order valence-corrected chi connectivity index (χ0v) is 21.2. The molecule has 1 aromatic rings. The molecule has 0 spiro atoms. The predicted molar refractivity (Wildman–Crippen MR) is 133 cm³/mol. The number of rotatable bonds is 11. The number of nitrogens with zero attached hydrogens (tertiary/aromatic N) is 1. The van der Waals surface area contributed by atoms with Crippen LogP contribution in [0.25, 0.3) is 6.08 Å². The number of ether oxygens (including phenoxy) is 1. The fraction of sp³-hybridized carbons (Fsp3) is 0.577. The van der Waals surface area contributed by atoms with E-state index in [1.165, 1.54) is 0 Å². The van der Waals surface area contributed by atoms with Crippen LogP contribution in [-0.4, -0.2) is 47.0 Å². The maximum Gasteiger partial charge on any atom is 0.408 e. The third-order valence-corrected chi connectivity index (χ3v) is 5.24. The molecule has 0 heterocycles. The Morgan fingerprint density at radius 2 is 1.85 bits per heavy atom. The molecule has 3 amide bonds. The molecule has 0 aliphatic heterocycles. The third kappa shape index (κ3) is 8.91. The smallest absolute Gasteiger partial charge is 0.408 e. The zero-order chi connectivity index (χ0) is 25.2. The first kappa shape index (κ1) is 28.2. The number of hydrogen-bond acceptors (Lipinski definition) is 4. The lowest BCUT2D eigenvalue weighted by molar-refractivity contribution is -0.144. The average Bonchev–Trinajstić information content (AvgIpc) is 2.75.